The van der Waals surface area contributed by atoms with Gasteiger partial charge in [0.15, 0.2) is 0 Å². The Kier molecular flexibility index (Phi) is 6.51. The molecule has 0 aliphatic carbocycles. The van der Waals surface area contributed by atoms with Crippen molar-refractivity contribution in [3.05, 3.63) is 35.9 Å². The van der Waals surface area contributed by atoms with E-state index in [1.807, 2.05) is 42.6 Å². The Morgan fingerprint density at radius 2 is 1.90 bits per heavy atom. The molecule has 0 spiro atoms. The highest BCUT2D eigenvalue weighted by molar-refractivity contribution is 5.78. The van der Waals surface area contributed by atoms with Gasteiger partial charge in [0.25, 0.3) is 0 Å². The molecule has 1 rings (SSSR count). The Labute approximate surface area is 116 Å². The number of nitrogens with one attached hydrogen (secondary N) is 2. The van der Waals surface area contributed by atoms with E-state index in [2.05, 4.69) is 5.32 Å². The van der Waals surface area contributed by atoms with Gasteiger partial charge in [0.2, 0.25) is 5.91 Å². The lowest BCUT2D eigenvalue weighted by Gasteiger charge is -2.14. The summed E-state index contributed by atoms with van der Waals surface area (Å²) in [7, 11) is 0. The van der Waals surface area contributed by atoms with Gasteiger partial charge in [-0.05, 0) is 25.3 Å². The first-order valence-corrected chi connectivity index (χ1v) is 6.47. The molecule has 6 heteroatoms. The molecule has 0 bridgehead atoms. The number of aryl methyl sites for hydroxylation is 1. The molecule has 0 radical (unpaired) electrons. The van der Waals surface area contributed by atoms with Crippen LogP contribution in [-0.2, 0) is 11.2 Å². The molecule has 1 amide bonds. The molecular weight excluding hydrogens is 269 g/mol. The predicted octanol–water partition coefficient (Wildman–Crippen LogP) is 2.28. The van der Waals surface area contributed by atoms with Crippen LogP contribution in [0.25, 0.3) is 0 Å². The van der Waals surface area contributed by atoms with E-state index in [0.717, 1.165) is 12.8 Å². The number of hydrogen-bond acceptors (Lipinski definition) is 2. The number of carbonyl (C=O) groups is 1. The monoisotopic (exact) mass is 288 g/mol. The topological polar surface area (TPSA) is 41.1 Å². The Morgan fingerprint density at radius 1 is 1.25 bits per heavy atom. The number of halogens is 3. The van der Waals surface area contributed by atoms with Gasteiger partial charge in [-0.3, -0.25) is 4.79 Å². The summed E-state index contributed by atoms with van der Waals surface area (Å²) >= 11 is 0. The summed E-state index contributed by atoms with van der Waals surface area (Å²) < 4.78 is 35.7. The minimum absolute atomic E-state index is 0.0619. The van der Waals surface area contributed by atoms with Crippen LogP contribution in [0, 0.1) is 0 Å². The van der Waals surface area contributed by atoms with Crippen molar-refractivity contribution in [3.63, 3.8) is 0 Å². The fourth-order valence-electron chi connectivity index (χ4n) is 1.66. The molecule has 0 heterocycles. The summed E-state index contributed by atoms with van der Waals surface area (Å²) in [5.74, 6) is -0.645. The highest BCUT2D eigenvalue weighted by Gasteiger charge is 2.27. The van der Waals surface area contributed by atoms with Crippen molar-refractivity contribution >= 4 is 5.91 Å². The van der Waals surface area contributed by atoms with Crippen LogP contribution in [0.1, 0.15) is 18.9 Å². The summed E-state index contributed by atoms with van der Waals surface area (Å²) in [6, 6.07) is 9.95. The molecule has 0 fully saturated rings. The first kappa shape index (κ1) is 16.5. The SMILES string of the molecule is C[C@@H](CCc1ccccc1)NCC(=O)NCC(F)(F)F. The third-order valence-corrected chi connectivity index (χ3v) is 2.81. The van der Waals surface area contributed by atoms with Crippen molar-refractivity contribution in [3.8, 4) is 0 Å². The van der Waals surface area contributed by atoms with Crippen LogP contribution >= 0.6 is 0 Å². The van der Waals surface area contributed by atoms with E-state index < -0.39 is 18.6 Å². The molecule has 2 N–H and O–H groups in total. The van der Waals surface area contributed by atoms with Crippen molar-refractivity contribution < 1.29 is 18.0 Å². The molecule has 0 aromatic heterocycles. The van der Waals surface area contributed by atoms with Gasteiger partial charge in [-0.15, -0.1) is 0 Å². The molecule has 0 aliphatic heterocycles. The molecule has 20 heavy (non-hydrogen) atoms. The average Bonchev–Trinajstić information content (AvgIpc) is 2.41. The van der Waals surface area contributed by atoms with Gasteiger partial charge in [0.1, 0.15) is 6.54 Å². The Hall–Kier alpha value is -1.56. The first-order chi connectivity index (χ1) is 9.37. The molecule has 0 aliphatic rings. The standard InChI is InChI=1S/C14H19F3N2O/c1-11(7-8-12-5-3-2-4-6-12)18-9-13(20)19-10-14(15,16)17/h2-6,11,18H,7-10H2,1H3,(H,19,20)/t11-/m0/s1. The molecule has 0 saturated heterocycles. The van der Waals surface area contributed by atoms with Crippen molar-refractivity contribution in [1.29, 1.82) is 0 Å². The largest absolute Gasteiger partial charge is 0.405 e. The molecule has 1 atom stereocenters. The zero-order valence-electron chi connectivity index (χ0n) is 11.3. The van der Waals surface area contributed by atoms with Crippen LogP contribution in [0.5, 0.6) is 0 Å². The van der Waals surface area contributed by atoms with Crippen LogP contribution in [0.15, 0.2) is 30.3 Å². The van der Waals surface area contributed by atoms with Gasteiger partial charge in [0.05, 0.1) is 6.54 Å². The minimum atomic E-state index is -4.37. The molecule has 1 aromatic rings. The number of amides is 1. The van der Waals surface area contributed by atoms with Gasteiger partial charge in [-0.2, -0.15) is 13.2 Å². The van der Waals surface area contributed by atoms with E-state index in [9.17, 15) is 18.0 Å². The lowest BCUT2D eigenvalue weighted by atomic mass is 10.1. The molecule has 112 valence electrons. The van der Waals surface area contributed by atoms with Crippen molar-refractivity contribution in [2.75, 3.05) is 13.1 Å². The summed E-state index contributed by atoms with van der Waals surface area (Å²) in [4.78, 5) is 11.2. The zero-order valence-corrected chi connectivity index (χ0v) is 11.3. The van der Waals surface area contributed by atoms with E-state index >= 15 is 0 Å². The number of rotatable bonds is 7. The van der Waals surface area contributed by atoms with Crippen LogP contribution in [-0.4, -0.2) is 31.2 Å². The minimum Gasteiger partial charge on any atom is -0.346 e. The van der Waals surface area contributed by atoms with E-state index in [1.54, 1.807) is 0 Å². The van der Waals surface area contributed by atoms with Crippen LogP contribution < -0.4 is 10.6 Å². The molecule has 3 nitrogen and oxygen atoms in total. The quantitative estimate of drug-likeness (QED) is 0.808. The molecular formula is C14H19F3N2O. The number of benzene rings is 1. The second-order valence-electron chi connectivity index (χ2n) is 4.70. The first-order valence-electron chi connectivity index (χ1n) is 6.47. The van der Waals surface area contributed by atoms with Crippen molar-refractivity contribution in [1.82, 2.24) is 10.6 Å². The van der Waals surface area contributed by atoms with Crippen LogP contribution in [0.3, 0.4) is 0 Å². The maximum Gasteiger partial charge on any atom is 0.405 e. The highest BCUT2D eigenvalue weighted by Crippen LogP contribution is 2.11. The molecule has 0 unspecified atom stereocenters. The molecule has 0 saturated carbocycles. The number of carbonyl (C=O) groups excluding carboxylic acids is 1. The second kappa shape index (κ2) is 7.89. The lowest BCUT2D eigenvalue weighted by Crippen LogP contribution is -2.41. The van der Waals surface area contributed by atoms with Gasteiger partial charge in [-0.1, -0.05) is 30.3 Å². The number of hydrogen-bond donors (Lipinski definition) is 2. The van der Waals surface area contributed by atoms with Crippen LogP contribution in [0.4, 0.5) is 13.2 Å². The number of alkyl halides is 3. The van der Waals surface area contributed by atoms with Crippen molar-refractivity contribution in [2.24, 2.45) is 0 Å². The highest BCUT2D eigenvalue weighted by atomic mass is 19.4. The average molecular weight is 288 g/mol. The molecule has 1 aromatic carbocycles. The van der Waals surface area contributed by atoms with E-state index in [0.29, 0.717) is 0 Å². The summed E-state index contributed by atoms with van der Waals surface area (Å²) in [6.07, 6.45) is -2.69. The third kappa shape index (κ3) is 7.78. The Bertz CT molecular complexity index is 407. The smallest absolute Gasteiger partial charge is 0.346 e. The van der Waals surface area contributed by atoms with E-state index in [1.165, 1.54) is 5.56 Å². The third-order valence-electron chi connectivity index (χ3n) is 2.81. The second-order valence-corrected chi connectivity index (χ2v) is 4.70. The van der Waals surface area contributed by atoms with Gasteiger partial charge in [-0.25, -0.2) is 0 Å². The Morgan fingerprint density at radius 3 is 2.50 bits per heavy atom. The fourth-order valence-corrected chi connectivity index (χ4v) is 1.66. The van der Waals surface area contributed by atoms with Crippen molar-refractivity contribution in [2.45, 2.75) is 32.0 Å². The van der Waals surface area contributed by atoms with E-state index in [-0.39, 0.29) is 12.6 Å². The Balaban J connectivity index is 2.16. The predicted molar refractivity (Wildman–Crippen MR) is 71.3 cm³/mol. The summed E-state index contributed by atoms with van der Waals surface area (Å²) in [6.45, 7) is 0.512. The van der Waals surface area contributed by atoms with Gasteiger partial charge >= 0.3 is 6.18 Å². The van der Waals surface area contributed by atoms with Crippen LogP contribution in [0.2, 0.25) is 0 Å². The normalized spacial score (nSPS) is 13.0. The fraction of sp³-hybridized carbons (Fsp3) is 0.500. The summed E-state index contributed by atoms with van der Waals surface area (Å²) in [5.41, 5.74) is 1.20. The maximum absolute atomic E-state index is 11.9. The summed E-state index contributed by atoms with van der Waals surface area (Å²) in [5, 5.41) is 4.73. The maximum atomic E-state index is 11.9. The lowest BCUT2D eigenvalue weighted by molar-refractivity contribution is -0.137. The van der Waals surface area contributed by atoms with Gasteiger partial charge in [0, 0.05) is 6.04 Å². The van der Waals surface area contributed by atoms with E-state index in [4.69, 9.17) is 0 Å². The van der Waals surface area contributed by atoms with Gasteiger partial charge < -0.3 is 10.6 Å². The zero-order chi connectivity index (χ0) is 15.0.